The van der Waals surface area contributed by atoms with E-state index >= 15 is 0 Å². The highest BCUT2D eigenvalue weighted by atomic mass is 16.3. The molecular weight excluding hydrogens is 240 g/mol. The summed E-state index contributed by atoms with van der Waals surface area (Å²) >= 11 is 0. The minimum atomic E-state index is -0.680. The Morgan fingerprint density at radius 1 is 1.00 bits per heavy atom. The molecule has 2 fully saturated rings. The third-order valence-electron chi connectivity index (χ3n) is 4.55. The molecule has 110 valence electrons. The Hall–Kier alpha value is -0.770. The van der Waals surface area contributed by atoms with Gasteiger partial charge in [0.2, 0.25) is 0 Å². The van der Waals surface area contributed by atoms with Crippen LogP contribution in [0.15, 0.2) is 0 Å². The number of rotatable bonds is 3. The summed E-state index contributed by atoms with van der Waals surface area (Å²) < 4.78 is 0. The van der Waals surface area contributed by atoms with Gasteiger partial charge in [0.1, 0.15) is 0 Å². The Kier molecular flexibility index (Phi) is 5.49. The van der Waals surface area contributed by atoms with Gasteiger partial charge in [0, 0.05) is 12.6 Å². The van der Waals surface area contributed by atoms with Crippen LogP contribution in [0.1, 0.15) is 70.6 Å². The van der Waals surface area contributed by atoms with E-state index in [4.69, 9.17) is 0 Å². The molecule has 2 rings (SSSR count). The van der Waals surface area contributed by atoms with Gasteiger partial charge in [-0.2, -0.15) is 0 Å². The van der Waals surface area contributed by atoms with Crippen LogP contribution in [-0.2, 0) is 0 Å². The topological polar surface area (TPSA) is 61.4 Å². The first-order chi connectivity index (χ1) is 9.18. The van der Waals surface area contributed by atoms with Gasteiger partial charge in [0.25, 0.3) is 0 Å². The molecule has 0 bridgehead atoms. The van der Waals surface area contributed by atoms with Gasteiger partial charge in [-0.3, -0.25) is 0 Å². The predicted octanol–water partition coefficient (Wildman–Crippen LogP) is 2.70. The van der Waals surface area contributed by atoms with Crippen LogP contribution >= 0.6 is 0 Å². The molecule has 0 atom stereocenters. The molecule has 0 spiro atoms. The van der Waals surface area contributed by atoms with Gasteiger partial charge in [0.05, 0.1) is 5.60 Å². The van der Waals surface area contributed by atoms with E-state index in [1.165, 1.54) is 32.1 Å². The molecular formula is C15H28N2O2. The number of nitrogens with one attached hydrogen (secondary N) is 2. The van der Waals surface area contributed by atoms with Crippen molar-refractivity contribution in [2.75, 3.05) is 6.54 Å². The summed E-state index contributed by atoms with van der Waals surface area (Å²) in [4.78, 5) is 11.8. The molecule has 0 aliphatic heterocycles. The molecule has 2 aliphatic rings. The molecule has 0 saturated heterocycles. The zero-order valence-electron chi connectivity index (χ0n) is 11.9. The van der Waals surface area contributed by atoms with Crippen LogP contribution in [0.5, 0.6) is 0 Å². The van der Waals surface area contributed by atoms with Gasteiger partial charge in [-0.05, 0) is 25.7 Å². The Balaban J connectivity index is 1.69. The maximum atomic E-state index is 11.8. The van der Waals surface area contributed by atoms with Crippen molar-refractivity contribution in [2.24, 2.45) is 0 Å². The van der Waals surface area contributed by atoms with E-state index in [0.717, 1.165) is 38.5 Å². The molecule has 4 nitrogen and oxygen atoms in total. The third-order valence-corrected chi connectivity index (χ3v) is 4.55. The highest BCUT2D eigenvalue weighted by Gasteiger charge is 2.28. The van der Waals surface area contributed by atoms with E-state index in [1.54, 1.807) is 0 Å². The van der Waals surface area contributed by atoms with Crippen molar-refractivity contribution in [3.63, 3.8) is 0 Å². The summed E-state index contributed by atoms with van der Waals surface area (Å²) in [5, 5.41) is 16.4. The zero-order chi connectivity index (χ0) is 13.6. The molecule has 0 aromatic carbocycles. The van der Waals surface area contributed by atoms with Crippen molar-refractivity contribution in [2.45, 2.75) is 82.3 Å². The molecule has 2 aliphatic carbocycles. The number of carbonyl (C=O) groups excluding carboxylic acids is 1. The summed E-state index contributed by atoms with van der Waals surface area (Å²) in [6.07, 6.45) is 12.1. The van der Waals surface area contributed by atoms with E-state index in [9.17, 15) is 9.90 Å². The second-order valence-electron chi connectivity index (χ2n) is 6.30. The van der Waals surface area contributed by atoms with Crippen LogP contribution in [0.25, 0.3) is 0 Å². The van der Waals surface area contributed by atoms with E-state index in [-0.39, 0.29) is 6.03 Å². The number of carbonyl (C=O) groups is 1. The highest BCUT2D eigenvalue weighted by molar-refractivity contribution is 5.74. The first kappa shape index (κ1) is 14.6. The lowest BCUT2D eigenvalue weighted by Crippen LogP contribution is -2.49. The molecule has 0 aromatic rings. The van der Waals surface area contributed by atoms with E-state index in [1.807, 2.05) is 0 Å². The number of urea groups is 1. The fourth-order valence-corrected chi connectivity index (χ4v) is 3.29. The lowest BCUT2D eigenvalue weighted by Gasteiger charge is -2.28. The third kappa shape index (κ3) is 5.01. The van der Waals surface area contributed by atoms with Gasteiger partial charge < -0.3 is 15.7 Å². The van der Waals surface area contributed by atoms with Crippen LogP contribution in [0.3, 0.4) is 0 Å². The quantitative estimate of drug-likeness (QED) is 0.689. The lowest BCUT2D eigenvalue weighted by atomic mass is 9.94. The summed E-state index contributed by atoms with van der Waals surface area (Å²) in [7, 11) is 0. The standard InChI is InChI=1S/C15H28N2O2/c18-14(17-13-8-4-3-5-9-13)16-12-15(19)10-6-1-2-7-11-15/h13,19H,1-12H2,(H2,16,17,18). The number of hydrogen-bond donors (Lipinski definition) is 3. The molecule has 0 radical (unpaired) electrons. The summed E-state index contributed by atoms with van der Waals surface area (Å²) in [6, 6.07) is 0.224. The van der Waals surface area contributed by atoms with Crippen molar-refractivity contribution in [3.8, 4) is 0 Å². The van der Waals surface area contributed by atoms with Crippen molar-refractivity contribution in [3.05, 3.63) is 0 Å². The molecule has 0 heterocycles. The van der Waals surface area contributed by atoms with Crippen LogP contribution in [0.2, 0.25) is 0 Å². The van der Waals surface area contributed by atoms with Gasteiger partial charge in [0.15, 0.2) is 0 Å². The number of amides is 2. The minimum absolute atomic E-state index is 0.107. The van der Waals surface area contributed by atoms with Crippen molar-refractivity contribution >= 4 is 6.03 Å². The Morgan fingerprint density at radius 3 is 2.21 bits per heavy atom. The monoisotopic (exact) mass is 268 g/mol. The highest BCUT2D eigenvalue weighted by Crippen LogP contribution is 2.26. The van der Waals surface area contributed by atoms with E-state index < -0.39 is 5.60 Å². The second-order valence-corrected chi connectivity index (χ2v) is 6.30. The van der Waals surface area contributed by atoms with Crippen LogP contribution in [0.4, 0.5) is 4.79 Å². The Labute approximate surface area is 116 Å². The van der Waals surface area contributed by atoms with Crippen molar-refractivity contribution in [1.29, 1.82) is 0 Å². The smallest absolute Gasteiger partial charge is 0.315 e. The minimum Gasteiger partial charge on any atom is -0.388 e. The Morgan fingerprint density at radius 2 is 1.58 bits per heavy atom. The van der Waals surface area contributed by atoms with E-state index in [2.05, 4.69) is 10.6 Å². The molecule has 19 heavy (non-hydrogen) atoms. The summed E-state index contributed by atoms with van der Waals surface area (Å²) in [5.74, 6) is 0. The molecule has 2 saturated carbocycles. The van der Waals surface area contributed by atoms with Crippen LogP contribution in [0, 0.1) is 0 Å². The molecule has 3 N–H and O–H groups in total. The van der Waals surface area contributed by atoms with Crippen molar-refractivity contribution in [1.82, 2.24) is 10.6 Å². The van der Waals surface area contributed by atoms with Gasteiger partial charge in [-0.1, -0.05) is 44.9 Å². The second kappa shape index (κ2) is 7.13. The summed E-state index contributed by atoms with van der Waals surface area (Å²) in [6.45, 7) is 0.394. The fraction of sp³-hybridized carbons (Fsp3) is 0.933. The first-order valence-corrected chi connectivity index (χ1v) is 7.95. The maximum absolute atomic E-state index is 11.8. The lowest BCUT2D eigenvalue weighted by molar-refractivity contribution is 0.0275. The normalized spacial score (nSPS) is 24.5. The largest absolute Gasteiger partial charge is 0.388 e. The molecule has 4 heteroatoms. The predicted molar refractivity (Wildman–Crippen MR) is 76.1 cm³/mol. The van der Waals surface area contributed by atoms with Gasteiger partial charge >= 0.3 is 6.03 Å². The Bertz CT molecular complexity index is 280. The van der Waals surface area contributed by atoms with E-state index in [0.29, 0.717) is 12.6 Å². The average molecular weight is 268 g/mol. The van der Waals surface area contributed by atoms with Gasteiger partial charge in [-0.25, -0.2) is 4.79 Å². The van der Waals surface area contributed by atoms with Gasteiger partial charge in [-0.15, -0.1) is 0 Å². The maximum Gasteiger partial charge on any atom is 0.315 e. The number of hydrogen-bond acceptors (Lipinski definition) is 2. The fourth-order valence-electron chi connectivity index (χ4n) is 3.29. The SMILES string of the molecule is O=C(NCC1(O)CCCCCC1)NC1CCCCC1. The molecule has 0 aromatic heterocycles. The zero-order valence-corrected chi connectivity index (χ0v) is 11.9. The van der Waals surface area contributed by atoms with Crippen LogP contribution < -0.4 is 10.6 Å². The first-order valence-electron chi connectivity index (χ1n) is 7.95. The molecule has 2 amide bonds. The number of aliphatic hydroxyl groups is 1. The molecule has 0 unspecified atom stereocenters. The van der Waals surface area contributed by atoms with Crippen LogP contribution in [-0.4, -0.2) is 29.3 Å². The van der Waals surface area contributed by atoms with Crippen molar-refractivity contribution < 1.29 is 9.90 Å². The average Bonchev–Trinajstić information content (AvgIpc) is 2.63. The summed E-state index contributed by atoms with van der Waals surface area (Å²) in [5.41, 5.74) is -0.680.